The second-order valence-corrected chi connectivity index (χ2v) is 5.96. The normalized spacial score (nSPS) is 23.3. The Morgan fingerprint density at radius 1 is 1.54 bits per heavy atom. The fraction of sp³-hybridized carbons (Fsp3) is 1.00. The summed E-state index contributed by atoms with van der Waals surface area (Å²) in [6.45, 7) is 3.45. The van der Waals surface area contributed by atoms with Crippen LogP contribution in [-0.4, -0.2) is 35.6 Å². The first kappa shape index (κ1) is 11.7. The highest BCUT2D eigenvalue weighted by atomic mass is 32.2. The average Bonchev–Trinajstić information content (AvgIpc) is 2.19. The largest absolute Gasteiger partial charge is 0.313 e. The van der Waals surface area contributed by atoms with Crippen molar-refractivity contribution in [2.75, 3.05) is 29.6 Å². The molecule has 0 aromatic heterocycles. The minimum atomic E-state index is 0.811. The van der Waals surface area contributed by atoms with Gasteiger partial charge in [-0.25, -0.2) is 0 Å². The Kier molecular flexibility index (Phi) is 7.23. The Hall–Kier alpha value is 0.660. The van der Waals surface area contributed by atoms with Crippen LogP contribution in [0.2, 0.25) is 0 Å². The molecule has 1 rings (SSSR count). The number of rotatable bonds is 6. The zero-order valence-corrected chi connectivity index (χ0v) is 10.2. The number of hydrogen-bond acceptors (Lipinski definition) is 3. The molecular formula is C10H21NS2. The summed E-state index contributed by atoms with van der Waals surface area (Å²) >= 11 is 4.15. The van der Waals surface area contributed by atoms with E-state index in [1.165, 1.54) is 48.8 Å². The molecule has 0 saturated carbocycles. The lowest BCUT2D eigenvalue weighted by atomic mass is 10.2. The fourth-order valence-corrected chi connectivity index (χ4v) is 3.27. The lowest BCUT2D eigenvalue weighted by molar-refractivity contribution is 0.508. The molecule has 0 aromatic rings. The molecule has 13 heavy (non-hydrogen) atoms. The molecule has 1 N–H and O–H groups in total. The van der Waals surface area contributed by atoms with Crippen LogP contribution >= 0.6 is 23.5 Å². The molecule has 3 heteroatoms. The highest BCUT2D eigenvalue weighted by molar-refractivity contribution is 7.99. The summed E-state index contributed by atoms with van der Waals surface area (Å²) in [5, 5.41) is 3.65. The van der Waals surface area contributed by atoms with E-state index in [4.69, 9.17) is 0 Å². The van der Waals surface area contributed by atoms with Crippen molar-refractivity contribution in [2.45, 2.75) is 32.2 Å². The molecule has 1 nitrogen and oxygen atoms in total. The van der Waals surface area contributed by atoms with Gasteiger partial charge in [-0.15, -0.1) is 0 Å². The van der Waals surface area contributed by atoms with Crippen molar-refractivity contribution >= 4 is 23.5 Å². The van der Waals surface area contributed by atoms with Crippen LogP contribution in [0.3, 0.4) is 0 Å². The third kappa shape index (κ3) is 5.87. The molecule has 1 unspecified atom stereocenters. The highest BCUT2D eigenvalue weighted by Gasteiger charge is 2.11. The van der Waals surface area contributed by atoms with E-state index in [1.807, 2.05) is 11.8 Å². The Morgan fingerprint density at radius 3 is 3.15 bits per heavy atom. The Balaban J connectivity index is 1.86. The van der Waals surface area contributed by atoms with Crippen LogP contribution in [0, 0.1) is 0 Å². The van der Waals surface area contributed by atoms with E-state index in [0.717, 1.165) is 6.04 Å². The van der Waals surface area contributed by atoms with E-state index in [0.29, 0.717) is 0 Å². The van der Waals surface area contributed by atoms with Crippen molar-refractivity contribution < 1.29 is 0 Å². The summed E-state index contributed by atoms with van der Waals surface area (Å²) in [6.07, 6.45) is 4.14. The van der Waals surface area contributed by atoms with Crippen molar-refractivity contribution in [1.29, 1.82) is 0 Å². The van der Waals surface area contributed by atoms with Gasteiger partial charge in [-0.1, -0.05) is 6.92 Å². The van der Waals surface area contributed by atoms with Crippen molar-refractivity contribution in [1.82, 2.24) is 5.32 Å². The van der Waals surface area contributed by atoms with E-state index >= 15 is 0 Å². The van der Waals surface area contributed by atoms with Gasteiger partial charge in [0.15, 0.2) is 0 Å². The standard InChI is InChI=1S/C10H21NS2/c1-2-12-8-4-6-11-10-5-3-7-13-9-10/h10-11H,2-9H2,1H3. The molecule has 1 fully saturated rings. The highest BCUT2D eigenvalue weighted by Crippen LogP contribution is 2.16. The molecule has 0 aromatic carbocycles. The molecule has 1 atom stereocenters. The van der Waals surface area contributed by atoms with Gasteiger partial charge >= 0.3 is 0 Å². The molecule has 0 radical (unpaired) electrons. The predicted octanol–water partition coefficient (Wildman–Crippen LogP) is 2.61. The molecule has 0 amide bonds. The number of nitrogens with one attached hydrogen (secondary N) is 1. The minimum Gasteiger partial charge on any atom is -0.313 e. The third-order valence-electron chi connectivity index (χ3n) is 2.26. The summed E-state index contributed by atoms with van der Waals surface area (Å²) in [4.78, 5) is 0. The molecular weight excluding hydrogens is 198 g/mol. The zero-order chi connectivity index (χ0) is 9.36. The van der Waals surface area contributed by atoms with Gasteiger partial charge in [0.05, 0.1) is 0 Å². The van der Waals surface area contributed by atoms with Crippen LogP contribution in [0.15, 0.2) is 0 Å². The Bertz CT molecular complexity index is 113. The first-order valence-corrected chi connectivity index (χ1v) is 7.63. The smallest absolute Gasteiger partial charge is 0.0158 e. The lowest BCUT2D eigenvalue weighted by Crippen LogP contribution is -2.34. The summed E-state index contributed by atoms with van der Waals surface area (Å²) in [7, 11) is 0. The molecule has 78 valence electrons. The lowest BCUT2D eigenvalue weighted by Gasteiger charge is -2.22. The molecule has 0 aliphatic carbocycles. The van der Waals surface area contributed by atoms with Crippen molar-refractivity contribution in [3.05, 3.63) is 0 Å². The maximum absolute atomic E-state index is 3.65. The van der Waals surface area contributed by atoms with Crippen LogP contribution < -0.4 is 5.32 Å². The fourth-order valence-electron chi connectivity index (χ4n) is 1.53. The van der Waals surface area contributed by atoms with Crippen molar-refractivity contribution in [2.24, 2.45) is 0 Å². The molecule has 0 bridgehead atoms. The summed E-state index contributed by atoms with van der Waals surface area (Å²) in [6, 6.07) is 0.811. The topological polar surface area (TPSA) is 12.0 Å². The maximum Gasteiger partial charge on any atom is 0.0158 e. The zero-order valence-electron chi connectivity index (χ0n) is 8.55. The monoisotopic (exact) mass is 219 g/mol. The summed E-state index contributed by atoms with van der Waals surface area (Å²) < 4.78 is 0. The van der Waals surface area contributed by atoms with E-state index in [-0.39, 0.29) is 0 Å². The van der Waals surface area contributed by atoms with Crippen molar-refractivity contribution in [3.63, 3.8) is 0 Å². The van der Waals surface area contributed by atoms with E-state index in [1.54, 1.807) is 0 Å². The van der Waals surface area contributed by atoms with Crippen LogP contribution in [0.4, 0.5) is 0 Å². The molecule has 1 aliphatic heterocycles. The minimum absolute atomic E-state index is 0.811. The van der Waals surface area contributed by atoms with E-state index in [2.05, 4.69) is 24.0 Å². The van der Waals surface area contributed by atoms with Gasteiger partial charge in [0.25, 0.3) is 0 Å². The van der Waals surface area contributed by atoms with Gasteiger partial charge in [0.2, 0.25) is 0 Å². The summed E-state index contributed by atoms with van der Waals surface area (Å²) in [5.74, 6) is 5.30. The Labute approximate surface area is 90.8 Å². The number of thioether (sulfide) groups is 2. The first-order valence-electron chi connectivity index (χ1n) is 5.32. The van der Waals surface area contributed by atoms with Gasteiger partial charge in [-0.3, -0.25) is 0 Å². The van der Waals surface area contributed by atoms with E-state index < -0.39 is 0 Å². The van der Waals surface area contributed by atoms with Crippen LogP contribution in [0.1, 0.15) is 26.2 Å². The summed E-state index contributed by atoms with van der Waals surface area (Å²) in [5.41, 5.74) is 0. The van der Waals surface area contributed by atoms with Gasteiger partial charge in [0, 0.05) is 11.8 Å². The van der Waals surface area contributed by atoms with Crippen LogP contribution in [-0.2, 0) is 0 Å². The van der Waals surface area contributed by atoms with Gasteiger partial charge in [0.1, 0.15) is 0 Å². The third-order valence-corrected chi connectivity index (χ3v) is 4.46. The molecule has 1 saturated heterocycles. The van der Waals surface area contributed by atoms with Gasteiger partial charge < -0.3 is 5.32 Å². The van der Waals surface area contributed by atoms with Gasteiger partial charge in [-0.05, 0) is 43.1 Å². The Morgan fingerprint density at radius 2 is 2.46 bits per heavy atom. The van der Waals surface area contributed by atoms with E-state index in [9.17, 15) is 0 Å². The second kappa shape index (κ2) is 8.01. The van der Waals surface area contributed by atoms with Crippen LogP contribution in [0.25, 0.3) is 0 Å². The maximum atomic E-state index is 3.65. The second-order valence-electron chi connectivity index (χ2n) is 3.42. The molecule has 1 heterocycles. The molecule has 1 aliphatic rings. The first-order chi connectivity index (χ1) is 6.43. The quantitative estimate of drug-likeness (QED) is 0.690. The van der Waals surface area contributed by atoms with Crippen molar-refractivity contribution in [3.8, 4) is 0 Å². The average molecular weight is 219 g/mol. The SMILES string of the molecule is CCSCCCNC1CCCSC1. The van der Waals surface area contributed by atoms with Gasteiger partial charge in [-0.2, -0.15) is 23.5 Å². The number of hydrogen-bond donors (Lipinski definition) is 1. The molecule has 0 spiro atoms. The predicted molar refractivity (Wildman–Crippen MR) is 66.0 cm³/mol. The van der Waals surface area contributed by atoms with Crippen LogP contribution in [0.5, 0.6) is 0 Å².